The van der Waals surface area contributed by atoms with Gasteiger partial charge in [0.1, 0.15) is 0 Å². The number of hydrogen-bond acceptors (Lipinski definition) is 2. The largest absolute Gasteiger partial charge is 0.399 e. The minimum atomic E-state index is 0.0865. The smallest absolute Gasteiger partial charge is 0.224 e. The lowest BCUT2D eigenvalue weighted by Gasteiger charge is -2.07. The summed E-state index contributed by atoms with van der Waals surface area (Å²) >= 11 is 0. The van der Waals surface area contributed by atoms with Gasteiger partial charge in [-0.15, -0.1) is 0 Å². The van der Waals surface area contributed by atoms with E-state index in [0.29, 0.717) is 6.42 Å². The number of nitrogens with two attached hydrogens (primary N) is 1. The fraction of sp³-hybridized carbons (Fsp3) is 0.533. The number of nitrogens with one attached hydrogen (secondary N) is 1. The summed E-state index contributed by atoms with van der Waals surface area (Å²) in [5, 5.41) is 3.13. The maximum atomic E-state index is 12.0. The molecule has 0 heterocycles. The molecule has 1 aliphatic rings. The summed E-state index contributed by atoms with van der Waals surface area (Å²) in [6.45, 7) is 8.78. The third kappa shape index (κ3) is 2.09. The van der Waals surface area contributed by atoms with E-state index in [1.54, 1.807) is 0 Å². The molecular weight excluding hydrogens is 224 g/mol. The van der Waals surface area contributed by atoms with Crippen molar-refractivity contribution in [1.29, 1.82) is 0 Å². The minimum absolute atomic E-state index is 0.0865. The molecule has 0 saturated heterocycles. The number of rotatable bonds is 3. The van der Waals surface area contributed by atoms with Crippen LogP contribution in [0.4, 0.5) is 5.69 Å². The van der Waals surface area contributed by atoms with Gasteiger partial charge in [-0.05, 0) is 28.5 Å². The molecule has 0 spiro atoms. The quantitative estimate of drug-likeness (QED) is 0.804. The molecule has 0 radical (unpaired) electrons. The van der Waals surface area contributed by atoms with Crippen LogP contribution < -0.4 is 11.1 Å². The van der Waals surface area contributed by atoms with Gasteiger partial charge in [0.2, 0.25) is 5.91 Å². The SMILES string of the molecule is CC1(C)C(NC(=O)Cc2ccc(N)cc2)C1(C)C. The first kappa shape index (κ1) is 12.9. The van der Waals surface area contributed by atoms with Crippen LogP contribution in [0, 0.1) is 10.8 Å². The Labute approximate surface area is 109 Å². The van der Waals surface area contributed by atoms with E-state index in [-0.39, 0.29) is 22.8 Å². The molecule has 18 heavy (non-hydrogen) atoms. The van der Waals surface area contributed by atoms with Crippen LogP contribution in [0.15, 0.2) is 24.3 Å². The Morgan fingerprint density at radius 2 is 1.67 bits per heavy atom. The van der Waals surface area contributed by atoms with E-state index < -0.39 is 0 Å². The molecule has 1 aromatic rings. The van der Waals surface area contributed by atoms with Crippen LogP contribution >= 0.6 is 0 Å². The molecule has 0 aromatic heterocycles. The number of anilines is 1. The van der Waals surface area contributed by atoms with Gasteiger partial charge in [0.05, 0.1) is 6.42 Å². The van der Waals surface area contributed by atoms with Crippen molar-refractivity contribution in [3.05, 3.63) is 29.8 Å². The molecule has 0 bridgehead atoms. The van der Waals surface area contributed by atoms with Gasteiger partial charge in [-0.25, -0.2) is 0 Å². The number of hydrogen-bond donors (Lipinski definition) is 2. The zero-order valence-electron chi connectivity index (χ0n) is 11.6. The number of benzene rings is 1. The molecule has 98 valence electrons. The van der Waals surface area contributed by atoms with E-state index in [1.807, 2.05) is 24.3 Å². The van der Waals surface area contributed by atoms with Gasteiger partial charge < -0.3 is 11.1 Å². The molecule has 1 aliphatic carbocycles. The van der Waals surface area contributed by atoms with Crippen LogP contribution in [0.3, 0.4) is 0 Å². The highest BCUT2D eigenvalue weighted by molar-refractivity contribution is 5.79. The summed E-state index contributed by atoms with van der Waals surface area (Å²) in [4.78, 5) is 12.0. The van der Waals surface area contributed by atoms with Gasteiger partial charge in [-0.3, -0.25) is 4.79 Å². The summed E-state index contributed by atoms with van der Waals surface area (Å²) in [5.74, 6) is 0.0865. The second-order valence-electron chi connectivity index (χ2n) is 6.36. The maximum absolute atomic E-state index is 12.0. The maximum Gasteiger partial charge on any atom is 0.224 e. The van der Waals surface area contributed by atoms with E-state index in [9.17, 15) is 4.79 Å². The Bertz CT molecular complexity index is 446. The lowest BCUT2D eigenvalue weighted by Crippen LogP contribution is -2.31. The van der Waals surface area contributed by atoms with E-state index in [2.05, 4.69) is 33.0 Å². The number of carbonyl (C=O) groups is 1. The van der Waals surface area contributed by atoms with Crippen LogP contribution in [0.2, 0.25) is 0 Å². The summed E-state index contributed by atoms with van der Waals surface area (Å²) in [7, 11) is 0. The van der Waals surface area contributed by atoms with Crippen LogP contribution in [0.25, 0.3) is 0 Å². The first-order valence-corrected chi connectivity index (χ1v) is 6.39. The topological polar surface area (TPSA) is 55.1 Å². The van der Waals surface area contributed by atoms with Gasteiger partial charge in [0.15, 0.2) is 0 Å². The van der Waals surface area contributed by atoms with Crippen LogP contribution in [-0.4, -0.2) is 11.9 Å². The van der Waals surface area contributed by atoms with Gasteiger partial charge in [-0.1, -0.05) is 39.8 Å². The summed E-state index contributed by atoms with van der Waals surface area (Å²) < 4.78 is 0. The van der Waals surface area contributed by atoms with E-state index in [4.69, 9.17) is 5.73 Å². The average molecular weight is 246 g/mol. The molecule has 0 unspecified atom stereocenters. The van der Waals surface area contributed by atoms with Crippen molar-refractivity contribution in [2.24, 2.45) is 10.8 Å². The molecule has 3 N–H and O–H groups in total. The zero-order chi connectivity index (χ0) is 13.6. The Kier molecular flexibility index (Phi) is 2.88. The fourth-order valence-corrected chi connectivity index (χ4v) is 2.59. The Morgan fingerprint density at radius 1 is 1.17 bits per heavy atom. The summed E-state index contributed by atoms with van der Waals surface area (Å²) in [6, 6.07) is 7.73. The van der Waals surface area contributed by atoms with Gasteiger partial charge in [0, 0.05) is 11.7 Å². The van der Waals surface area contributed by atoms with E-state index >= 15 is 0 Å². The Balaban J connectivity index is 1.93. The second-order valence-corrected chi connectivity index (χ2v) is 6.36. The third-order valence-corrected chi connectivity index (χ3v) is 4.67. The standard InChI is InChI=1S/C15H22N2O/c1-14(2)13(15(14,3)4)17-12(18)9-10-5-7-11(16)8-6-10/h5-8,13H,9,16H2,1-4H3,(H,17,18). The van der Waals surface area contributed by atoms with Crippen molar-refractivity contribution in [1.82, 2.24) is 5.32 Å². The van der Waals surface area contributed by atoms with Crippen molar-refractivity contribution in [2.45, 2.75) is 40.2 Å². The molecule has 1 fully saturated rings. The predicted molar refractivity (Wildman–Crippen MR) is 74.1 cm³/mol. The molecule has 0 atom stereocenters. The number of nitrogen functional groups attached to an aromatic ring is 1. The van der Waals surface area contributed by atoms with Gasteiger partial charge >= 0.3 is 0 Å². The normalized spacial score (nSPS) is 20.4. The Morgan fingerprint density at radius 3 is 2.11 bits per heavy atom. The summed E-state index contributed by atoms with van der Waals surface area (Å²) in [5.41, 5.74) is 7.71. The molecule has 2 rings (SSSR count). The number of carbonyl (C=O) groups excluding carboxylic acids is 1. The minimum Gasteiger partial charge on any atom is -0.399 e. The number of amides is 1. The average Bonchev–Trinajstić information content (AvgIpc) is 2.64. The van der Waals surface area contributed by atoms with Gasteiger partial charge in [-0.2, -0.15) is 0 Å². The second kappa shape index (κ2) is 4.01. The monoisotopic (exact) mass is 246 g/mol. The first-order valence-electron chi connectivity index (χ1n) is 6.39. The first-order chi connectivity index (χ1) is 8.25. The molecule has 1 saturated carbocycles. The van der Waals surface area contributed by atoms with Crippen molar-refractivity contribution in [3.8, 4) is 0 Å². The molecule has 1 amide bonds. The highest BCUT2D eigenvalue weighted by atomic mass is 16.1. The molecule has 3 heteroatoms. The third-order valence-electron chi connectivity index (χ3n) is 4.67. The van der Waals surface area contributed by atoms with Crippen LogP contribution in [0.5, 0.6) is 0 Å². The molecule has 0 aliphatic heterocycles. The molecule has 1 aromatic carbocycles. The predicted octanol–water partition coefficient (Wildman–Crippen LogP) is 2.36. The van der Waals surface area contributed by atoms with Crippen molar-refractivity contribution >= 4 is 11.6 Å². The molecule has 3 nitrogen and oxygen atoms in total. The lowest BCUT2D eigenvalue weighted by molar-refractivity contribution is -0.120. The van der Waals surface area contributed by atoms with Crippen LogP contribution in [0.1, 0.15) is 33.3 Å². The zero-order valence-corrected chi connectivity index (χ0v) is 11.6. The van der Waals surface area contributed by atoms with Crippen molar-refractivity contribution < 1.29 is 4.79 Å². The van der Waals surface area contributed by atoms with Crippen LogP contribution in [-0.2, 0) is 11.2 Å². The van der Waals surface area contributed by atoms with Gasteiger partial charge in [0.25, 0.3) is 0 Å². The highest BCUT2D eigenvalue weighted by Gasteiger charge is 2.65. The van der Waals surface area contributed by atoms with E-state index in [0.717, 1.165) is 11.3 Å². The van der Waals surface area contributed by atoms with Crippen molar-refractivity contribution in [3.63, 3.8) is 0 Å². The highest BCUT2D eigenvalue weighted by Crippen LogP contribution is 2.62. The summed E-state index contributed by atoms with van der Waals surface area (Å²) in [6.07, 6.45) is 0.420. The lowest BCUT2D eigenvalue weighted by atomic mass is 10.0. The fourth-order valence-electron chi connectivity index (χ4n) is 2.59. The Hall–Kier alpha value is -1.51. The van der Waals surface area contributed by atoms with E-state index in [1.165, 1.54) is 0 Å². The molecular formula is C15H22N2O. The van der Waals surface area contributed by atoms with Crippen molar-refractivity contribution in [2.75, 3.05) is 5.73 Å².